The fraction of sp³-hybridized carbons (Fsp3) is 0.250. The van der Waals surface area contributed by atoms with E-state index in [1.54, 1.807) is 18.2 Å². The Morgan fingerprint density at radius 2 is 2.00 bits per heavy atom. The molecule has 0 aliphatic heterocycles. The van der Waals surface area contributed by atoms with E-state index in [0.29, 0.717) is 15.6 Å². The molecule has 2 nitrogen and oxygen atoms in total. The molecule has 0 bridgehead atoms. The first kappa shape index (κ1) is 13.0. The van der Waals surface area contributed by atoms with Crippen LogP contribution in [-0.2, 0) is 0 Å². The van der Waals surface area contributed by atoms with E-state index < -0.39 is 6.04 Å². The Labute approximate surface area is 93.1 Å². The number of aliphatic hydroxyl groups is 1. The van der Waals surface area contributed by atoms with E-state index in [2.05, 4.69) is 0 Å². The summed E-state index contributed by atoms with van der Waals surface area (Å²) in [6, 6.07) is 4.58. The van der Waals surface area contributed by atoms with Gasteiger partial charge < -0.3 is 10.8 Å². The first-order valence-electron chi connectivity index (χ1n) is 3.46. The van der Waals surface area contributed by atoms with Gasteiger partial charge in [0.25, 0.3) is 0 Å². The van der Waals surface area contributed by atoms with Crippen molar-refractivity contribution >= 4 is 35.6 Å². The van der Waals surface area contributed by atoms with Crippen LogP contribution >= 0.6 is 35.6 Å². The van der Waals surface area contributed by atoms with Crippen LogP contribution in [0.3, 0.4) is 0 Å². The Bertz CT molecular complexity index is 280. The minimum absolute atomic E-state index is 0. The monoisotopic (exact) mass is 241 g/mol. The van der Waals surface area contributed by atoms with Crippen LogP contribution in [0.15, 0.2) is 18.2 Å². The molecule has 0 aliphatic rings. The van der Waals surface area contributed by atoms with Crippen molar-refractivity contribution < 1.29 is 5.11 Å². The summed E-state index contributed by atoms with van der Waals surface area (Å²) in [5.74, 6) is 0. The third-order valence-corrected chi connectivity index (χ3v) is 2.12. The van der Waals surface area contributed by atoms with E-state index in [-0.39, 0.29) is 19.0 Å². The van der Waals surface area contributed by atoms with Crippen molar-refractivity contribution in [3.8, 4) is 0 Å². The van der Waals surface area contributed by atoms with Gasteiger partial charge in [-0.15, -0.1) is 12.4 Å². The van der Waals surface area contributed by atoms with E-state index in [1.165, 1.54) is 0 Å². The van der Waals surface area contributed by atoms with Gasteiger partial charge >= 0.3 is 0 Å². The summed E-state index contributed by atoms with van der Waals surface area (Å²) in [7, 11) is 0. The minimum atomic E-state index is -0.435. The minimum Gasteiger partial charge on any atom is -0.394 e. The number of halogens is 3. The molecule has 0 radical (unpaired) electrons. The second-order valence-electron chi connectivity index (χ2n) is 2.45. The van der Waals surface area contributed by atoms with Crippen LogP contribution in [0.25, 0.3) is 0 Å². The van der Waals surface area contributed by atoms with Gasteiger partial charge in [0.05, 0.1) is 12.6 Å². The molecule has 74 valence electrons. The van der Waals surface area contributed by atoms with E-state index in [9.17, 15) is 0 Å². The van der Waals surface area contributed by atoms with Crippen LogP contribution in [-0.4, -0.2) is 11.7 Å². The van der Waals surface area contributed by atoms with Crippen LogP contribution in [0.4, 0.5) is 0 Å². The van der Waals surface area contributed by atoms with Gasteiger partial charge in [-0.05, 0) is 17.7 Å². The Hall–Kier alpha value is 0.01000. The summed E-state index contributed by atoms with van der Waals surface area (Å²) >= 11 is 11.5. The van der Waals surface area contributed by atoms with E-state index in [0.717, 1.165) is 0 Å². The zero-order valence-electron chi connectivity index (χ0n) is 6.71. The second kappa shape index (κ2) is 5.68. The van der Waals surface area contributed by atoms with Crippen LogP contribution in [0, 0.1) is 0 Å². The summed E-state index contributed by atoms with van der Waals surface area (Å²) in [5, 5.41) is 9.82. The van der Waals surface area contributed by atoms with E-state index in [4.69, 9.17) is 34.0 Å². The van der Waals surface area contributed by atoms with Crippen molar-refractivity contribution in [2.24, 2.45) is 5.73 Å². The normalized spacial score (nSPS) is 12.0. The highest BCUT2D eigenvalue weighted by Gasteiger charge is 2.08. The van der Waals surface area contributed by atoms with E-state index in [1.807, 2.05) is 0 Å². The lowest BCUT2D eigenvalue weighted by atomic mass is 10.1. The molecule has 0 aliphatic carbocycles. The molecule has 1 rings (SSSR count). The molecule has 0 amide bonds. The van der Waals surface area contributed by atoms with Gasteiger partial charge in [-0.1, -0.05) is 29.3 Å². The van der Waals surface area contributed by atoms with Crippen molar-refractivity contribution in [1.82, 2.24) is 0 Å². The van der Waals surface area contributed by atoms with Gasteiger partial charge in [0.15, 0.2) is 0 Å². The molecule has 3 N–H and O–H groups in total. The van der Waals surface area contributed by atoms with Crippen LogP contribution in [0.1, 0.15) is 11.6 Å². The predicted molar refractivity (Wildman–Crippen MR) is 57.7 cm³/mol. The largest absolute Gasteiger partial charge is 0.394 e. The molecule has 1 aromatic carbocycles. The molecular formula is C8H10Cl3NO. The summed E-state index contributed by atoms with van der Waals surface area (Å²) in [5.41, 5.74) is 6.28. The summed E-state index contributed by atoms with van der Waals surface area (Å²) in [6.45, 7) is -0.124. The van der Waals surface area contributed by atoms with Crippen LogP contribution in [0.5, 0.6) is 0 Å². The highest BCUT2D eigenvalue weighted by molar-refractivity contribution is 6.35. The number of benzene rings is 1. The average molecular weight is 243 g/mol. The average Bonchev–Trinajstić information content (AvgIpc) is 2.03. The first-order valence-corrected chi connectivity index (χ1v) is 4.22. The third-order valence-electron chi connectivity index (χ3n) is 1.56. The Balaban J connectivity index is 0.00000144. The molecule has 13 heavy (non-hydrogen) atoms. The van der Waals surface area contributed by atoms with E-state index >= 15 is 0 Å². The highest BCUT2D eigenvalue weighted by atomic mass is 35.5. The SMILES string of the molecule is Cl.N[C@H](CO)c1ccc(Cl)cc1Cl. The number of hydrogen-bond donors (Lipinski definition) is 2. The fourth-order valence-corrected chi connectivity index (χ4v) is 1.45. The second-order valence-corrected chi connectivity index (χ2v) is 3.30. The van der Waals surface area contributed by atoms with Crippen molar-refractivity contribution in [3.05, 3.63) is 33.8 Å². The smallest absolute Gasteiger partial charge is 0.0624 e. The Morgan fingerprint density at radius 1 is 1.38 bits per heavy atom. The van der Waals surface area contributed by atoms with Gasteiger partial charge in [-0.25, -0.2) is 0 Å². The quantitative estimate of drug-likeness (QED) is 0.837. The molecule has 0 heterocycles. The van der Waals surface area contributed by atoms with Crippen molar-refractivity contribution in [3.63, 3.8) is 0 Å². The Morgan fingerprint density at radius 3 is 2.46 bits per heavy atom. The van der Waals surface area contributed by atoms with Gasteiger partial charge in [0, 0.05) is 10.0 Å². The molecule has 1 aromatic rings. The van der Waals surface area contributed by atoms with Crippen molar-refractivity contribution in [2.75, 3.05) is 6.61 Å². The molecular weight excluding hydrogens is 232 g/mol. The van der Waals surface area contributed by atoms with Crippen LogP contribution in [0.2, 0.25) is 10.0 Å². The fourth-order valence-electron chi connectivity index (χ4n) is 0.901. The zero-order valence-corrected chi connectivity index (χ0v) is 9.03. The maximum absolute atomic E-state index is 8.77. The predicted octanol–water partition coefficient (Wildman–Crippen LogP) is 2.41. The molecule has 0 saturated heterocycles. The van der Waals surface area contributed by atoms with Crippen LogP contribution < -0.4 is 5.73 Å². The summed E-state index contributed by atoms with van der Waals surface area (Å²) < 4.78 is 0. The number of nitrogens with two attached hydrogens (primary N) is 1. The number of rotatable bonds is 2. The maximum Gasteiger partial charge on any atom is 0.0624 e. The molecule has 0 aromatic heterocycles. The van der Waals surface area contributed by atoms with Gasteiger partial charge in [-0.3, -0.25) is 0 Å². The molecule has 0 fully saturated rings. The number of aliphatic hydroxyl groups excluding tert-OH is 1. The summed E-state index contributed by atoms with van der Waals surface area (Å²) in [6.07, 6.45) is 0. The standard InChI is InChI=1S/C8H9Cl2NO.ClH/c9-5-1-2-6(7(10)3-5)8(11)4-12;/h1-3,8,12H,4,11H2;1H/t8-;/m1./s1. The topological polar surface area (TPSA) is 46.2 Å². The van der Waals surface area contributed by atoms with Crippen molar-refractivity contribution in [2.45, 2.75) is 6.04 Å². The lowest BCUT2D eigenvalue weighted by Gasteiger charge is -2.10. The molecule has 0 saturated carbocycles. The Kier molecular flexibility index (Phi) is 5.68. The van der Waals surface area contributed by atoms with Gasteiger partial charge in [0.1, 0.15) is 0 Å². The number of hydrogen-bond acceptors (Lipinski definition) is 2. The van der Waals surface area contributed by atoms with Crippen molar-refractivity contribution in [1.29, 1.82) is 0 Å². The maximum atomic E-state index is 8.77. The van der Waals surface area contributed by atoms with Gasteiger partial charge in [0.2, 0.25) is 0 Å². The van der Waals surface area contributed by atoms with Gasteiger partial charge in [-0.2, -0.15) is 0 Å². The first-order chi connectivity index (χ1) is 5.65. The highest BCUT2D eigenvalue weighted by Crippen LogP contribution is 2.24. The lowest BCUT2D eigenvalue weighted by molar-refractivity contribution is 0.268. The zero-order chi connectivity index (χ0) is 9.14. The molecule has 1 atom stereocenters. The molecule has 5 heteroatoms. The lowest BCUT2D eigenvalue weighted by Crippen LogP contribution is -2.14. The molecule has 0 spiro atoms. The summed E-state index contributed by atoms with van der Waals surface area (Å²) in [4.78, 5) is 0. The molecule has 0 unspecified atom stereocenters. The third kappa shape index (κ3) is 3.33.